The molecule has 0 bridgehead atoms. The fourth-order valence-electron chi connectivity index (χ4n) is 1.52. The van der Waals surface area contributed by atoms with E-state index in [1.165, 1.54) is 0 Å². The summed E-state index contributed by atoms with van der Waals surface area (Å²) in [6.07, 6.45) is 2.50. The zero-order chi connectivity index (χ0) is 13.0. The van der Waals surface area contributed by atoms with Crippen LogP contribution in [-0.4, -0.2) is 17.1 Å². The lowest BCUT2D eigenvalue weighted by Crippen LogP contribution is -1.97. The summed E-state index contributed by atoms with van der Waals surface area (Å²) in [7, 11) is 1.55. The average molecular weight is 309 g/mol. The van der Waals surface area contributed by atoms with Crippen LogP contribution in [0.15, 0.2) is 34.9 Å². The highest BCUT2D eigenvalue weighted by Crippen LogP contribution is 2.27. The van der Waals surface area contributed by atoms with Gasteiger partial charge in [0.05, 0.1) is 17.8 Å². The van der Waals surface area contributed by atoms with E-state index >= 15 is 0 Å². The topological polar surface area (TPSA) is 44.2 Å². The molecule has 0 saturated carbocycles. The quantitative estimate of drug-likeness (QED) is 0.865. The van der Waals surface area contributed by atoms with Crippen molar-refractivity contribution in [2.75, 3.05) is 7.11 Å². The van der Waals surface area contributed by atoms with E-state index in [0.717, 1.165) is 17.7 Å². The first kappa shape index (κ1) is 12.8. The van der Waals surface area contributed by atoms with Gasteiger partial charge in [0.25, 0.3) is 0 Å². The molecule has 0 atom stereocenters. The lowest BCUT2D eigenvalue weighted by Gasteiger charge is -2.09. The minimum atomic E-state index is 0.274. The van der Waals surface area contributed by atoms with Crippen molar-refractivity contribution in [3.63, 3.8) is 0 Å². The molecule has 0 fully saturated rings. The summed E-state index contributed by atoms with van der Waals surface area (Å²) < 4.78 is 11.5. The predicted octanol–water partition coefficient (Wildman–Crippen LogP) is 3.60. The number of methoxy groups -OCH3 is 1. The van der Waals surface area contributed by atoms with Crippen LogP contribution in [0.4, 0.5) is 0 Å². The van der Waals surface area contributed by atoms with Gasteiger partial charge in [-0.3, -0.25) is 0 Å². The van der Waals surface area contributed by atoms with Crippen LogP contribution in [-0.2, 0) is 6.42 Å². The van der Waals surface area contributed by atoms with Crippen LogP contribution in [0.25, 0.3) is 0 Å². The Labute approximate surface area is 114 Å². The summed E-state index contributed by atoms with van der Waals surface area (Å²) in [4.78, 5) is 8.26. The number of para-hydroxylation sites is 1. The molecule has 0 spiro atoms. The maximum absolute atomic E-state index is 5.67. The normalized spacial score (nSPS) is 10.2. The van der Waals surface area contributed by atoms with Crippen molar-refractivity contribution >= 4 is 15.9 Å². The molecule has 0 aliphatic heterocycles. The van der Waals surface area contributed by atoms with Gasteiger partial charge in [-0.25, -0.2) is 4.98 Å². The largest absolute Gasteiger partial charge is 0.480 e. The van der Waals surface area contributed by atoms with Gasteiger partial charge < -0.3 is 9.47 Å². The summed E-state index contributed by atoms with van der Waals surface area (Å²) in [5, 5.41) is 0. The fourth-order valence-corrected chi connectivity index (χ4v) is 1.88. The Kier molecular flexibility index (Phi) is 4.15. The predicted molar refractivity (Wildman–Crippen MR) is 72.2 cm³/mol. The Hall–Kier alpha value is -1.62. The summed E-state index contributed by atoms with van der Waals surface area (Å²) in [6, 6.07) is 8.09. The van der Waals surface area contributed by atoms with Crippen molar-refractivity contribution in [3.05, 3.63) is 40.5 Å². The number of aryl methyl sites for hydroxylation is 1. The van der Waals surface area contributed by atoms with Gasteiger partial charge in [0.2, 0.25) is 5.88 Å². The minimum absolute atomic E-state index is 0.274. The summed E-state index contributed by atoms with van der Waals surface area (Å²) >= 11 is 3.30. The second-order valence-corrected chi connectivity index (χ2v) is 4.43. The number of aromatic nitrogens is 2. The molecular weight excluding hydrogens is 296 g/mol. The first-order valence-corrected chi connectivity index (χ1v) is 6.36. The van der Waals surface area contributed by atoms with Crippen molar-refractivity contribution in [2.45, 2.75) is 13.3 Å². The third-order valence-corrected chi connectivity index (χ3v) is 2.98. The molecule has 1 aromatic carbocycles. The zero-order valence-corrected chi connectivity index (χ0v) is 11.8. The van der Waals surface area contributed by atoms with Gasteiger partial charge in [0, 0.05) is 0 Å². The van der Waals surface area contributed by atoms with Crippen LogP contribution in [0.1, 0.15) is 12.5 Å². The van der Waals surface area contributed by atoms with E-state index in [9.17, 15) is 0 Å². The highest BCUT2D eigenvalue weighted by atomic mass is 79.9. The zero-order valence-electron chi connectivity index (χ0n) is 10.2. The van der Waals surface area contributed by atoms with Gasteiger partial charge >= 0.3 is 6.01 Å². The monoisotopic (exact) mass is 308 g/mol. The summed E-state index contributed by atoms with van der Waals surface area (Å²) in [5.74, 6) is 1.22. The molecule has 0 unspecified atom stereocenters. The molecule has 2 rings (SSSR count). The van der Waals surface area contributed by atoms with Gasteiger partial charge in [0.1, 0.15) is 5.75 Å². The third kappa shape index (κ3) is 2.79. The fraction of sp³-hybridized carbons (Fsp3) is 0.231. The highest BCUT2D eigenvalue weighted by molar-refractivity contribution is 9.10. The van der Waals surface area contributed by atoms with E-state index in [1.807, 2.05) is 24.3 Å². The van der Waals surface area contributed by atoms with E-state index in [0.29, 0.717) is 10.4 Å². The number of nitrogens with zero attached hydrogens (tertiary/aromatic N) is 2. The van der Waals surface area contributed by atoms with E-state index in [2.05, 4.69) is 32.8 Å². The molecule has 2 aromatic rings. The molecular formula is C13H13BrN2O2. The molecule has 1 heterocycles. The Morgan fingerprint density at radius 1 is 1.28 bits per heavy atom. The number of hydrogen-bond donors (Lipinski definition) is 0. The minimum Gasteiger partial charge on any atom is -0.480 e. The Morgan fingerprint density at radius 2 is 2.06 bits per heavy atom. The van der Waals surface area contributed by atoms with Crippen molar-refractivity contribution in [3.8, 4) is 17.6 Å². The van der Waals surface area contributed by atoms with Crippen LogP contribution >= 0.6 is 15.9 Å². The second kappa shape index (κ2) is 5.82. The van der Waals surface area contributed by atoms with Gasteiger partial charge in [0.15, 0.2) is 0 Å². The van der Waals surface area contributed by atoms with Crippen molar-refractivity contribution < 1.29 is 9.47 Å². The maximum atomic E-state index is 5.67. The number of benzene rings is 1. The molecule has 94 valence electrons. The number of ether oxygens (including phenoxy) is 2. The molecule has 4 nitrogen and oxygen atoms in total. The molecule has 0 saturated heterocycles. The average Bonchev–Trinajstić information content (AvgIpc) is 2.41. The van der Waals surface area contributed by atoms with Crippen molar-refractivity contribution in [1.29, 1.82) is 0 Å². The van der Waals surface area contributed by atoms with Gasteiger partial charge in [-0.15, -0.1) is 0 Å². The molecule has 0 N–H and O–H groups in total. The standard InChI is InChI=1S/C13H13BrN2O2/c1-3-9-6-4-5-7-11(9)18-13-15-8-10(14)12(16-13)17-2/h4-8H,3H2,1-2H3. The van der Waals surface area contributed by atoms with Crippen LogP contribution in [0, 0.1) is 0 Å². The van der Waals surface area contributed by atoms with Crippen LogP contribution in [0.5, 0.6) is 17.6 Å². The lowest BCUT2D eigenvalue weighted by atomic mass is 10.1. The third-order valence-electron chi connectivity index (χ3n) is 2.44. The van der Waals surface area contributed by atoms with Crippen LogP contribution < -0.4 is 9.47 Å². The van der Waals surface area contributed by atoms with Gasteiger partial charge in [-0.05, 0) is 34.0 Å². The molecule has 0 aliphatic rings. The number of hydrogen-bond acceptors (Lipinski definition) is 4. The van der Waals surface area contributed by atoms with Crippen LogP contribution in [0.2, 0.25) is 0 Å². The van der Waals surface area contributed by atoms with Crippen molar-refractivity contribution in [1.82, 2.24) is 9.97 Å². The van der Waals surface area contributed by atoms with Crippen LogP contribution in [0.3, 0.4) is 0 Å². The Balaban J connectivity index is 2.28. The highest BCUT2D eigenvalue weighted by Gasteiger charge is 2.08. The molecule has 18 heavy (non-hydrogen) atoms. The smallest absolute Gasteiger partial charge is 0.325 e. The summed E-state index contributed by atoms with van der Waals surface area (Å²) in [6.45, 7) is 2.07. The molecule has 5 heteroatoms. The molecule has 0 amide bonds. The molecule has 1 aromatic heterocycles. The van der Waals surface area contributed by atoms with E-state index < -0.39 is 0 Å². The van der Waals surface area contributed by atoms with Gasteiger partial charge in [-0.2, -0.15) is 4.98 Å². The SMILES string of the molecule is CCc1ccccc1Oc1ncc(Br)c(OC)n1. The lowest BCUT2D eigenvalue weighted by molar-refractivity contribution is 0.372. The Bertz CT molecular complexity index is 546. The van der Waals surface area contributed by atoms with E-state index in [-0.39, 0.29) is 6.01 Å². The molecule has 0 aliphatic carbocycles. The van der Waals surface area contributed by atoms with E-state index in [4.69, 9.17) is 9.47 Å². The van der Waals surface area contributed by atoms with Gasteiger partial charge in [-0.1, -0.05) is 25.1 Å². The first-order chi connectivity index (χ1) is 8.74. The summed E-state index contributed by atoms with van der Waals surface area (Å²) in [5.41, 5.74) is 1.11. The number of rotatable bonds is 4. The number of halogens is 1. The molecule has 0 radical (unpaired) electrons. The Morgan fingerprint density at radius 3 is 2.78 bits per heavy atom. The maximum Gasteiger partial charge on any atom is 0.325 e. The van der Waals surface area contributed by atoms with Crippen molar-refractivity contribution in [2.24, 2.45) is 0 Å². The first-order valence-electron chi connectivity index (χ1n) is 5.57. The van der Waals surface area contributed by atoms with E-state index in [1.54, 1.807) is 13.3 Å². The second-order valence-electron chi connectivity index (χ2n) is 3.57.